The van der Waals surface area contributed by atoms with E-state index < -0.39 is 28.4 Å². The molecular formula is C9H9N2O5S-. The van der Waals surface area contributed by atoms with Crippen LogP contribution in [-0.2, 0) is 14.8 Å². The summed E-state index contributed by atoms with van der Waals surface area (Å²) in [5.41, 5.74) is 4.51. The third kappa shape index (κ3) is 3.54. The van der Waals surface area contributed by atoms with Gasteiger partial charge in [0.1, 0.15) is 0 Å². The summed E-state index contributed by atoms with van der Waals surface area (Å²) in [5, 5.41) is 10.5. The molecule has 0 saturated carbocycles. The second-order valence-corrected chi connectivity index (χ2v) is 4.87. The quantitative estimate of drug-likeness (QED) is 0.619. The fourth-order valence-corrected chi connectivity index (χ4v) is 2.08. The number of carbonyl (C=O) groups excluding carboxylic acids is 2. The number of nitrogens with one attached hydrogen (secondary N) is 1. The van der Waals surface area contributed by atoms with Crippen LogP contribution in [0.25, 0.3) is 0 Å². The molecule has 0 atom stereocenters. The molecule has 0 aromatic heterocycles. The van der Waals surface area contributed by atoms with Crippen molar-refractivity contribution in [3.8, 4) is 0 Å². The summed E-state index contributed by atoms with van der Waals surface area (Å²) >= 11 is 0. The van der Waals surface area contributed by atoms with Crippen molar-refractivity contribution in [2.24, 2.45) is 5.73 Å². The van der Waals surface area contributed by atoms with Gasteiger partial charge in [0.25, 0.3) is 0 Å². The van der Waals surface area contributed by atoms with E-state index in [4.69, 9.17) is 5.73 Å². The van der Waals surface area contributed by atoms with Gasteiger partial charge in [-0.2, -0.15) is 0 Å². The van der Waals surface area contributed by atoms with Gasteiger partial charge in [-0.25, -0.2) is 13.1 Å². The van der Waals surface area contributed by atoms with Crippen molar-refractivity contribution in [3.05, 3.63) is 29.8 Å². The Morgan fingerprint density at radius 3 is 2.53 bits per heavy atom. The largest absolute Gasteiger partial charge is 0.545 e. The Hall–Kier alpha value is -1.93. The molecule has 17 heavy (non-hydrogen) atoms. The van der Waals surface area contributed by atoms with Crippen molar-refractivity contribution in [2.75, 3.05) is 6.54 Å². The van der Waals surface area contributed by atoms with Crippen LogP contribution in [0.15, 0.2) is 29.2 Å². The van der Waals surface area contributed by atoms with Gasteiger partial charge in [0.15, 0.2) is 0 Å². The van der Waals surface area contributed by atoms with E-state index in [1.807, 2.05) is 4.72 Å². The van der Waals surface area contributed by atoms with Gasteiger partial charge in [0.2, 0.25) is 15.9 Å². The second kappa shape index (κ2) is 4.93. The molecule has 0 unspecified atom stereocenters. The number of carboxylic acids is 1. The molecule has 1 aromatic carbocycles. The van der Waals surface area contributed by atoms with Crippen molar-refractivity contribution in [1.82, 2.24) is 4.72 Å². The molecule has 1 rings (SSSR count). The van der Waals surface area contributed by atoms with Gasteiger partial charge in [-0.05, 0) is 17.7 Å². The second-order valence-electron chi connectivity index (χ2n) is 3.11. The molecule has 0 bridgehead atoms. The first-order chi connectivity index (χ1) is 7.83. The summed E-state index contributed by atoms with van der Waals surface area (Å²) in [6.07, 6.45) is 0. The molecule has 1 aromatic rings. The predicted octanol–water partition coefficient (Wildman–Crippen LogP) is -2.19. The predicted molar refractivity (Wildman–Crippen MR) is 55.2 cm³/mol. The summed E-state index contributed by atoms with van der Waals surface area (Å²) in [5.74, 6) is -2.33. The Kier molecular flexibility index (Phi) is 3.81. The molecule has 92 valence electrons. The van der Waals surface area contributed by atoms with Crippen LogP contribution in [0.1, 0.15) is 10.4 Å². The maximum atomic E-state index is 11.6. The molecule has 0 saturated heterocycles. The number of amides is 1. The van der Waals surface area contributed by atoms with Crippen LogP contribution in [0.5, 0.6) is 0 Å². The summed E-state index contributed by atoms with van der Waals surface area (Å²) < 4.78 is 25.1. The van der Waals surface area contributed by atoms with Crippen LogP contribution in [-0.4, -0.2) is 26.8 Å². The highest BCUT2D eigenvalue weighted by atomic mass is 32.2. The van der Waals surface area contributed by atoms with Gasteiger partial charge in [-0.1, -0.05) is 12.1 Å². The first-order valence-corrected chi connectivity index (χ1v) is 5.90. The van der Waals surface area contributed by atoms with Crippen LogP contribution < -0.4 is 15.6 Å². The van der Waals surface area contributed by atoms with E-state index in [1.165, 1.54) is 18.2 Å². The van der Waals surface area contributed by atoms with Gasteiger partial charge in [-0.15, -0.1) is 0 Å². The number of hydrogen-bond donors (Lipinski definition) is 2. The number of carboxylic acid groups (broad SMARTS) is 1. The van der Waals surface area contributed by atoms with Crippen molar-refractivity contribution in [1.29, 1.82) is 0 Å². The maximum Gasteiger partial charge on any atom is 0.241 e. The summed E-state index contributed by atoms with van der Waals surface area (Å²) in [6.45, 7) is -0.558. The van der Waals surface area contributed by atoms with Crippen LogP contribution in [0, 0.1) is 0 Å². The Morgan fingerprint density at radius 1 is 1.35 bits per heavy atom. The Labute approximate surface area is 97.3 Å². The standard InChI is InChI=1S/C9H10N2O5S/c10-8(12)5-11-17(15,16)7-3-1-2-6(4-7)9(13)14/h1-4,11H,5H2,(H2,10,12)(H,13,14)/p-1. The first-order valence-electron chi connectivity index (χ1n) is 4.42. The molecule has 0 aliphatic carbocycles. The summed E-state index contributed by atoms with van der Waals surface area (Å²) in [7, 11) is -3.95. The Balaban J connectivity index is 3.03. The van der Waals surface area contributed by atoms with Gasteiger partial charge >= 0.3 is 0 Å². The molecule has 8 heteroatoms. The molecule has 0 heterocycles. The lowest BCUT2D eigenvalue weighted by Crippen LogP contribution is -2.33. The number of hydrogen-bond acceptors (Lipinski definition) is 5. The lowest BCUT2D eigenvalue weighted by molar-refractivity contribution is -0.255. The van der Waals surface area contributed by atoms with E-state index in [0.29, 0.717) is 0 Å². The first kappa shape index (κ1) is 13.1. The zero-order chi connectivity index (χ0) is 13.1. The average Bonchev–Trinajstić information content (AvgIpc) is 2.27. The highest BCUT2D eigenvalue weighted by Crippen LogP contribution is 2.10. The number of aromatic carboxylic acids is 1. The molecule has 3 N–H and O–H groups in total. The van der Waals surface area contributed by atoms with Gasteiger partial charge < -0.3 is 15.6 Å². The zero-order valence-electron chi connectivity index (χ0n) is 8.54. The molecule has 0 aliphatic rings. The maximum absolute atomic E-state index is 11.6. The third-order valence-corrected chi connectivity index (χ3v) is 3.22. The molecule has 7 nitrogen and oxygen atoms in total. The Morgan fingerprint density at radius 2 is 2.00 bits per heavy atom. The lowest BCUT2D eigenvalue weighted by atomic mass is 10.2. The van der Waals surface area contributed by atoms with Crippen molar-refractivity contribution < 1.29 is 23.1 Å². The van der Waals surface area contributed by atoms with Crippen LogP contribution in [0.3, 0.4) is 0 Å². The van der Waals surface area contributed by atoms with Crippen LogP contribution >= 0.6 is 0 Å². The molecule has 0 spiro atoms. The van der Waals surface area contributed by atoms with E-state index >= 15 is 0 Å². The molecule has 0 radical (unpaired) electrons. The number of benzene rings is 1. The molecule has 0 fully saturated rings. The smallest absolute Gasteiger partial charge is 0.241 e. The SMILES string of the molecule is NC(=O)CNS(=O)(=O)c1cccc(C(=O)[O-])c1. The monoisotopic (exact) mass is 257 g/mol. The number of sulfonamides is 1. The summed E-state index contributed by atoms with van der Waals surface area (Å²) in [4.78, 5) is 20.7. The fraction of sp³-hybridized carbons (Fsp3) is 0.111. The van der Waals surface area contributed by atoms with Crippen molar-refractivity contribution in [3.63, 3.8) is 0 Å². The molecular weight excluding hydrogens is 248 g/mol. The van der Waals surface area contributed by atoms with Crippen molar-refractivity contribution in [2.45, 2.75) is 4.90 Å². The minimum absolute atomic E-state index is 0.271. The van der Waals surface area contributed by atoms with E-state index in [0.717, 1.165) is 6.07 Å². The topological polar surface area (TPSA) is 129 Å². The molecule has 0 aliphatic heterocycles. The van der Waals surface area contributed by atoms with Crippen molar-refractivity contribution >= 4 is 21.9 Å². The van der Waals surface area contributed by atoms with Crippen LogP contribution in [0.2, 0.25) is 0 Å². The Bertz CT molecular complexity index is 552. The fourth-order valence-electron chi connectivity index (χ4n) is 1.04. The number of rotatable bonds is 5. The highest BCUT2D eigenvalue weighted by molar-refractivity contribution is 7.89. The lowest BCUT2D eigenvalue weighted by Gasteiger charge is -2.07. The summed E-state index contributed by atoms with van der Waals surface area (Å²) in [6, 6.07) is 4.57. The van der Waals surface area contributed by atoms with Gasteiger partial charge in [0.05, 0.1) is 17.4 Å². The minimum Gasteiger partial charge on any atom is -0.545 e. The van der Waals surface area contributed by atoms with E-state index in [1.54, 1.807) is 0 Å². The van der Waals surface area contributed by atoms with E-state index in [2.05, 4.69) is 0 Å². The molecule has 1 amide bonds. The zero-order valence-corrected chi connectivity index (χ0v) is 9.36. The number of carbonyl (C=O) groups is 2. The minimum atomic E-state index is -3.95. The number of nitrogens with two attached hydrogens (primary N) is 1. The third-order valence-electron chi connectivity index (χ3n) is 1.82. The van der Waals surface area contributed by atoms with E-state index in [9.17, 15) is 23.1 Å². The van der Waals surface area contributed by atoms with Gasteiger partial charge in [-0.3, -0.25) is 4.79 Å². The van der Waals surface area contributed by atoms with E-state index in [-0.39, 0.29) is 10.5 Å². The van der Waals surface area contributed by atoms with Gasteiger partial charge in [0, 0.05) is 0 Å². The van der Waals surface area contributed by atoms with Crippen LogP contribution in [0.4, 0.5) is 0 Å². The highest BCUT2D eigenvalue weighted by Gasteiger charge is 2.14. The number of primary amides is 1. The average molecular weight is 257 g/mol. The normalized spacial score (nSPS) is 11.1.